The Morgan fingerprint density at radius 2 is 1.90 bits per heavy atom. The van der Waals surface area contributed by atoms with Crippen LogP contribution < -0.4 is 10.1 Å². The number of aliphatic hydroxyl groups excluding tert-OH is 2. The minimum atomic E-state index is -1.16. The van der Waals surface area contributed by atoms with Crippen molar-refractivity contribution in [2.24, 2.45) is 22.7 Å². The number of benzene rings is 1. The van der Waals surface area contributed by atoms with Crippen LogP contribution in [0.4, 0.5) is 0 Å². The van der Waals surface area contributed by atoms with Gasteiger partial charge in [0.05, 0.1) is 11.1 Å². The number of amides is 1. The van der Waals surface area contributed by atoms with Gasteiger partial charge in [0, 0.05) is 33.8 Å². The number of ether oxygens (including phenoxy) is 1. The predicted octanol–water partition coefficient (Wildman–Crippen LogP) is 3.16. The Balaban J connectivity index is 1.77. The Morgan fingerprint density at radius 1 is 1.20 bits per heavy atom. The summed E-state index contributed by atoms with van der Waals surface area (Å²) in [5.41, 5.74) is -0.379. The first-order valence-electron chi connectivity index (χ1n) is 10.7. The fourth-order valence-corrected chi connectivity index (χ4v) is 7.15. The van der Waals surface area contributed by atoms with Crippen LogP contribution in [0, 0.1) is 22.7 Å². The van der Waals surface area contributed by atoms with Gasteiger partial charge < -0.3 is 20.3 Å². The highest BCUT2D eigenvalue weighted by atomic mass is 35.5. The average Bonchev–Trinajstić information content (AvgIpc) is 2.94. The summed E-state index contributed by atoms with van der Waals surface area (Å²) in [5, 5.41) is 24.3. The second kappa shape index (κ2) is 5.99. The number of Topliss-reactive ketones (excluding diaryl/α,β-unsaturated/α-hetero) is 1. The first kappa shape index (κ1) is 20.3. The van der Waals surface area contributed by atoms with Crippen LogP contribution in [0.15, 0.2) is 6.07 Å². The number of halogens is 1. The zero-order valence-corrected chi connectivity index (χ0v) is 18.5. The molecule has 162 valence electrons. The molecule has 2 saturated carbocycles. The van der Waals surface area contributed by atoms with Crippen molar-refractivity contribution in [3.63, 3.8) is 0 Å². The van der Waals surface area contributed by atoms with Crippen molar-refractivity contribution >= 4 is 23.3 Å². The van der Waals surface area contributed by atoms with Crippen LogP contribution in [0.1, 0.15) is 74.7 Å². The monoisotopic (exact) mass is 433 g/mol. The molecular formula is C23H28ClNO5. The summed E-state index contributed by atoms with van der Waals surface area (Å²) in [6.07, 6.45) is 0.309. The number of aliphatic hydroxyl groups is 2. The first-order chi connectivity index (χ1) is 13.9. The number of carbonyl (C=O) groups is 2. The van der Waals surface area contributed by atoms with Crippen LogP contribution in [-0.2, 0) is 11.2 Å². The van der Waals surface area contributed by atoms with Crippen LogP contribution in [0.2, 0.25) is 5.02 Å². The van der Waals surface area contributed by atoms with Crippen molar-refractivity contribution in [3.8, 4) is 5.75 Å². The third kappa shape index (κ3) is 2.22. The van der Waals surface area contributed by atoms with E-state index in [1.165, 1.54) is 0 Å². The molecule has 2 unspecified atom stereocenters. The van der Waals surface area contributed by atoms with Gasteiger partial charge in [0.1, 0.15) is 17.5 Å². The summed E-state index contributed by atoms with van der Waals surface area (Å²) >= 11 is 6.62. The van der Waals surface area contributed by atoms with Gasteiger partial charge >= 0.3 is 0 Å². The van der Waals surface area contributed by atoms with Gasteiger partial charge in [-0.2, -0.15) is 0 Å². The second-order valence-corrected chi connectivity index (χ2v) is 10.8. The smallest absolute Gasteiger partial charge is 0.254 e. The van der Waals surface area contributed by atoms with Crippen molar-refractivity contribution in [2.45, 2.75) is 71.3 Å². The fourth-order valence-electron chi connectivity index (χ4n) is 6.89. The first-order valence-corrected chi connectivity index (χ1v) is 11.1. The largest absolute Gasteiger partial charge is 0.485 e. The van der Waals surface area contributed by atoms with Gasteiger partial charge in [-0.3, -0.25) is 9.59 Å². The van der Waals surface area contributed by atoms with Crippen molar-refractivity contribution in [1.29, 1.82) is 0 Å². The molecule has 3 N–H and O–H groups in total. The van der Waals surface area contributed by atoms with E-state index in [1.807, 2.05) is 13.8 Å². The lowest BCUT2D eigenvalue weighted by Crippen LogP contribution is -2.72. The van der Waals surface area contributed by atoms with Crippen molar-refractivity contribution in [2.75, 3.05) is 0 Å². The van der Waals surface area contributed by atoms with Gasteiger partial charge in [-0.15, -0.1) is 0 Å². The number of carbonyl (C=O) groups excluding carboxylic acids is 2. The van der Waals surface area contributed by atoms with Crippen LogP contribution >= 0.6 is 11.6 Å². The molecule has 6 atom stereocenters. The molecule has 1 spiro atoms. The Bertz CT molecular complexity index is 990. The Morgan fingerprint density at radius 3 is 2.60 bits per heavy atom. The Kier molecular flexibility index (Phi) is 4.05. The summed E-state index contributed by atoms with van der Waals surface area (Å²) < 4.78 is 6.85. The summed E-state index contributed by atoms with van der Waals surface area (Å²) in [5.74, 6) is 0.110. The van der Waals surface area contributed by atoms with Gasteiger partial charge in [0.2, 0.25) is 0 Å². The zero-order valence-electron chi connectivity index (χ0n) is 17.7. The van der Waals surface area contributed by atoms with Gasteiger partial charge in [-0.05, 0) is 31.2 Å². The molecular weight excluding hydrogens is 406 g/mol. The molecule has 1 aromatic rings. The molecule has 0 saturated heterocycles. The van der Waals surface area contributed by atoms with Gasteiger partial charge in [-0.1, -0.05) is 39.3 Å². The Hall–Kier alpha value is -1.63. The molecule has 7 heteroatoms. The van der Waals surface area contributed by atoms with Crippen LogP contribution in [0.5, 0.6) is 5.75 Å². The minimum absolute atomic E-state index is 0.0907. The Labute approximate surface area is 180 Å². The summed E-state index contributed by atoms with van der Waals surface area (Å²) in [6.45, 7) is 8.18. The van der Waals surface area contributed by atoms with E-state index < -0.39 is 23.3 Å². The third-order valence-corrected chi connectivity index (χ3v) is 9.13. The number of rotatable bonds is 0. The molecule has 5 rings (SSSR count). The summed E-state index contributed by atoms with van der Waals surface area (Å²) in [7, 11) is 0. The molecule has 30 heavy (non-hydrogen) atoms. The van der Waals surface area contributed by atoms with Crippen molar-refractivity contribution in [1.82, 2.24) is 5.32 Å². The normalized spacial score (nSPS) is 41.2. The lowest BCUT2D eigenvalue weighted by atomic mass is 9.43. The van der Waals surface area contributed by atoms with Crippen LogP contribution in [0.3, 0.4) is 0 Å². The maximum Gasteiger partial charge on any atom is 0.254 e. The molecule has 0 radical (unpaired) electrons. The van der Waals surface area contributed by atoms with E-state index >= 15 is 0 Å². The highest BCUT2D eigenvalue weighted by Crippen LogP contribution is 2.66. The maximum atomic E-state index is 12.9. The van der Waals surface area contributed by atoms with E-state index in [9.17, 15) is 19.8 Å². The minimum Gasteiger partial charge on any atom is -0.485 e. The number of nitrogens with one attached hydrogen (secondary N) is 1. The predicted molar refractivity (Wildman–Crippen MR) is 110 cm³/mol. The molecule has 2 aliphatic heterocycles. The van der Waals surface area contributed by atoms with E-state index in [2.05, 4.69) is 19.2 Å². The van der Waals surface area contributed by atoms with E-state index in [1.54, 1.807) is 6.07 Å². The van der Waals surface area contributed by atoms with E-state index in [0.29, 0.717) is 28.3 Å². The quantitative estimate of drug-likeness (QED) is 0.584. The summed E-state index contributed by atoms with van der Waals surface area (Å²) in [6, 6.07) is 1.61. The van der Waals surface area contributed by atoms with Crippen LogP contribution in [-0.4, -0.2) is 33.6 Å². The van der Waals surface area contributed by atoms with Gasteiger partial charge in [0.25, 0.3) is 5.91 Å². The maximum absolute atomic E-state index is 12.9. The SMILES string of the molecule is C[C@H]1CC[C@H]2C(C)(C)C(=O)C(O)C[C@]23Oc2c(c(Cl)cc4c2C(O)NC4=O)C[C@]13C. The molecule has 2 aliphatic carbocycles. The number of fused-ring (bicyclic) bond motifs is 3. The second-order valence-electron chi connectivity index (χ2n) is 10.4. The zero-order chi connectivity index (χ0) is 21.8. The van der Waals surface area contributed by atoms with E-state index in [0.717, 1.165) is 18.4 Å². The summed E-state index contributed by atoms with van der Waals surface area (Å²) in [4.78, 5) is 25.2. The molecule has 0 aromatic heterocycles. The topological polar surface area (TPSA) is 95.9 Å². The standard InChI is InChI=1S/C23H28ClNO5/c1-10-5-6-15-21(2,3)18(27)14(26)9-23(15)22(10,4)8-12-13(24)7-11-16(17(12)30-23)20(29)25-19(11)28/h7,10,14-15,20,26,29H,5-6,8-9H2,1-4H3,(H,25,28)/t10-,14?,15-,20?,22+,23-/m0/s1. The molecule has 4 aliphatic rings. The molecule has 1 aromatic carbocycles. The molecule has 2 heterocycles. The highest BCUT2D eigenvalue weighted by molar-refractivity contribution is 6.32. The molecule has 1 amide bonds. The van der Waals surface area contributed by atoms with Crippen LogP contribution in [0.25, 0.3) is 0 Å². The molecule has 6 nitrogen and oxygen atoms in total. The van der Waals surface area contributed by atoms with E-state index in [-0.39, 0.29) is 35.4 Å². The fraction of sp³-hybridized carbons (Fsp3) is 0.652. The van der Waals surface area contributed by atoms with Crippen molar-refractivity contribution in [3.05, 3.63) is 27.8 Å². The van der Waals surface area contributed by atoms with Gasteiger partial charge in [-0.25, -0.2) is 0 Å². The lowest BCUT2D eigenvalue weighted by Gasteiger charge is -2.66. The van der Waals surface area contributed by atoms with Crippen molar-refractivity contribution < 1.29 is 24.5 Å². The highest BCUT2D eigenvalue weighted by Gasteiger charge is 2.69. The number of hydrogen-bond acceptors (Lipinski definition) is 5. The number of hydrogen-bond donors (Lipinski definition) is 3. The van der Waals surface area contributed by atoms with Gasteiger partial charge in [0.15, 0.2) is 12.0 Å². The molecule has 0 bridgehead atoms. The average molecular weight is 434 g/mol. The lowest BCUT2D eigenvalue weighted by molar-refractivity contribution is -0.224. The molecule has 2 fully saturated rings. The third-order valence-electron chi connectivity index (χ3n) is 8.79. The van der Waals surface area contributed by atoms with E-state index in [4.69, 9.17) is 16.3 Å². The number of ketones is 1.